The van der Waals surface area contributed by atoms with E-state index in [0.29, 0.717) is 0 Å². The Hall–Kier alpha value is -0.810. The largest absolute Gasteiger partial charge is 0.394 e. The Morgan fingerprint density at radius 1 is 1.64 bits per heavy atom. The van der Waals surface area contributed by atoms with Crippen molar-refractivity contribution in [2.45, 2.75) is 6.10 Å². The van der Waals surface area contributed by atoms with Crippen molar-refractivity contribution in [1.82, 2.24) is 10.2 Å². The van der Waals surface area contributed by atoms with Crippen LogP contribution in [0.5, 0.6) is 0 Å². The van der Waals surface area contributed by atoms with E-state index in [0.717, 1.165) is 0 Å². The van der Waals surface area contributed by atoms with Crippen molar-refractivity contribution < 1.29 is 15.0 Å². The average molecular weight is 162 g/mol. The third-order valence-corrected chi connectivity index (χ3v) is 1.11. The Balaban J connectivity index is 3.46. The average Bonchev–Trinajstić information content (AvgIpc) is 1.99. The predicted molar refractivity (Wildman–Crippen MR) is 40.2 cm³/mol. The normalized spacial score (nSPS) is 12.4. The van der Waals surface area contributed by atoms with Gasteiger partial charge in [0.05, 0.1) is 12.7 Å². The van der Waals surface area contributed by atoms with Crippen LogP contribution in [0, 0.1) is 0 Å². The van der Waals surface area contributed by atoms with Crippen LogP contribution in [0.2, 0.25) is 0 Å². The standard InChI is InChI=1S/C6H14N2O3/c1-8(2)6(11)7-3-5(10)4-9/h5,9-10H,3-4H2,1-2H3,(H,7,11). The highest BCUT2D eigenvalue weighted by atomic mass is 16.3. The number of hydrogen-bond donors (Lipinski definition) is 3. The second kappa shape index (κ2) is 4.92. The highest BCUT2D eigenvalue weighted by molar-refractivity contribution is 5.73. The number of nitrogens with one attached hydrogen (secondary N) is 1. The molecule has 0 fully saturated rings. The van der Waals surface area contributed by atoms with Gasteiger partial charge in [0.1, 0.15) is 0 Å². The number of aliphatic hydroxyl groups is 2. The fourth-order valence-electron chi connectivity index (χ4n) is 0.428. The van der Waals surface area contributed by atoms with E-state index in [2.05, 4.69) is 5.32 Å². The maximum atomic E-state index is 10.8. The number of rotatable bonds is 3. The van der Waals surface area contributed by atoms with Crippen molar-refractivity contribution in [3.63, 3.8) is 0 Å². The monoisotopic (exact) mass is 162 g/mol. The third-order valence-electron chi connectivity index (χ3n) is 1.11. The van der Waals surface area contributed by atoms with Crippen LogP contribution in [0.15, 0.2) is 0 Å². The summed E-state index contributed by atoms with van der Waals surface area (Å²) in [4.78, 5) is 12.1. The summed E-state index contributed by atoms with van der Waals surface area (Å²) in [5.74, 6) is 0. The number of carbonyl (C=O) groups is 1. The minimum Gasteiger partial charge on any atom is -0.394 e. The van der Waals surface area contributed by atoms with Crippen LogP contribution >= 0.6 is 0 Å². The van der Waals surface area contributed by atoms with Crippen molar-refractivity contribution in [3.05, 3.63) is 0 Å². The van der Waals surface area contributed by atoms with E-state index >= 15 is 0 Å². The van der Waals surface area contributed by atoms with Gasteiger partial charge in [-0.05, 0) is 0 Å². The van der Waals surface area contributed by atoms with Gasteiger partial charge in [-0.1, -0.05) is 0 Å². The Morgan fingerprint density at radius 3 is 2.55 bits per heavy atom. The first-order chi connectivity index (χ1) is 5.07. The third kappa shape index (κ3) is 4.58. The molecule has 1 unspecified atom stereocenters. The summed E-state index contributed by atoms with van der Waals surface area (Å²) in [5, 5.41) is 19.6. The number of urea groups is 1. The molecule has 3 N–H and O–H groups in total. The van der Waals surface area contributed by atoms with Gasteiger partial charge in [0.2, 0.25) is 0 Å². The zero-order chi connectivity index (χ0) is 8.85. The summed E-state index contributed by atoms with van der Waals surface area (Å²) in [5.41, 5.74) is 0. The molecule has 66 valence electrons. The molecule has 0 saturated carbocycles. The van der Waals surface area contributed by atoms with E-state index in [1.54, 1.807) is 14.1 Å². The van der Waals surface area contributed by atoms with Crippen molar-refractivity contribution in [1.29, 1.82) is 0 Å². The van der Waals surface area contributed by atoms with Gasteiger partial charge in [0.25, 0.3) is 0 Å². The van der Waals surface area contributed by atoms with E-state index in [-0.39, 0.29) is 19.2 Å². The Morgan fingerprint density at radius 2 is 2.18 bits per heavy atom. The highest BCUT2D eigenvalue weighted by Crippen LogP contribution is 1.80. The maximum Gasteiger partial charge on any atom is 0.316 e. The molecule has 0 bridgehead atoms. The van der Waals surface area contributed by atoms with Gasteiger partial charge in [-0.2, -0.15) is 0 Å². The molecule has 0 aliphatic carbocycles. The van der Waals surface area contributed by atoms with Crippen LogP contribution in [0.4, 0.5) is 4.79 Å². The van der Waals surface area contributed by atoms with E-state index in [4.69, 9.17) is 10.2 Å². The molecule has 2 amide bonds. The van der Waals surface area contributed by atoms with E-state index < -0.39 is 6.10 Å². The number of amides is 2. The molecular formula is C6H14N2O3. The van der Waals surface area contributed by atoms with Crippen LogP contribution < -0.4 is 5.32 Å². The minimum absolute atomic E-state index is 0.0769. The molecule has 0 aromatic carbocycles. The van der Waals surface area contributed by atoms with E-state index in [1.165, 1.54) is 4.90 Å². The molecule has 0 aromatic heterocycles. The number of nitrogens with zero attached hydrogens (tertiary/aromatic N) is 1. The van der Waals surface area contributed by atoms with Crippen molar-refractivity contribution in [2.75, 3.05) is 27.2 Å². The quantitative estimate of drug-likeness (QED) is 0.478. The summed E-state index contributed by atoms with van der Waals surface area (Å²) < 4.78 is 0. The van der Waals surface area contributed by atoms with Crippen LogP contribution in [0.25, 0.3) is 0 Å². The summed E-state index contributed by atoms with van der Waals surface area (Å²) >= 11 is 0. The lowest BCUT2D eigenvalue weighted by Crippen LogP contribution is -2.39. The van der Waals surface area contributed by atoms with Gasteiger partial charge < -0.3 is 20.4 Å². The van der Waals surface area contributed by atoms with Crippen LogP contribution in [-0.4, -0.2) is 54.5 Å². The molecule has 11 heavy (non-hydrogen) atoms. The lowest BCUT2D eigenvalue weighted by atomic mass is 10.4. The van der Waals surface area contributed by atoms with Crippen LogP contribution in [0.3, 0.4) is 0 Å². The van der Waals surface area contributed by atoms with Gasteiger partial charge in [0, 0.05) is 20.6 Å². The van der Waals surface area contributed by atoms with E-state index in [1.807, 2.05) is 0 Å². The topological polar surface area (TPSA) is 72.8 Å². The molecule has 0 heterocycles. The summed E-state index contributed by atoms with van der Waals surface area (Å²) in [6.07, 6.45) is -0.876. The molecule has 0 saturated heterocycles. The van der Waals surface area contributed by atoms with Crippen LogP contribution in [0.1, 0.15) is 0 Å². The highest BCUT2D eigenvalue weighted by Gasteiger charge is 2.05. The zero-order valence-electron chi connectivity index (χ0n) is 6.74. The second-order valence-electron chi connectivity index (χ2n) is 2.42. The molecule has 0 spiro atoms. The Bertz CT molecular complexity index is 127. The first-order valence-corrected chi connectivity index (χ1v) is 3.32. The number of hydrogen-bond acceptors (Lipinski definition) is 3. The van der Waals surface area contributed by atoms with Crippen molar-refractivity contribution >= 4 is 6.03 Å². The fraction of sp³-hybridized carbons (Fsp3) is 0.833. The minimum atomic E-state index is -0.876. The Kier molecular flexibility index (Phi) is 4.56. The molecular weight excluding hydrogens is 148 g/mol. The first kappa shape index (κ1) is 10.2. The molecule has 5 heteroatoms. The fourth-order valence-corrected chi connectivity index (χ4v) is 0.428. The van der Waals surface area contributed by atoms with Gasteiger partial charge in [-0.3, -0.25) is 0 Å². The SMILES string of the molecule is CN(C)C(=O)NCC(O)CO. The molecule has 0 aliphatic rings. The number of carbonyl (C=O) groups excluding carboxylic acids is 1. The lowest BCUT2D eigenvalue weighted by molar-refractivity contribution is 0.0948. The van der Waals surface area contributed by atoms with Gasteiger partial charge in [0.15, 0.2) is 0 Å². The molecule has 5 nitrogen and oxygen atoms in total. The molecule has 0 aromatic rings. The second-order valence-corrected chi connectivity index (χ2v) is 2.42. The summed E-state index contributed by atoms with van der Waals surface area (Å²) in [7, 11) is 3.20. The van der Waals surface area contributed by atoms with Crippen molar-refractivity contribution in [3.8, 4) is 0 Å². The van der Waals surface area contributed by atoms with Gasteiger partial charge >= 0.3 is 6.03 Å². The van der Waals surface area contributed by atoms with E-state index in [9.17, 15) is 4.79 Å². The first-order valence-electron chi connectivity index (χ1n) is 3.32. The summed E-state index contributed by atoms with van der Waals surface area (Å²) in [6, 6.07) is -0.280. The smallest absolute Gasteiger partial charge is 0.316 e. The molecule has 0 aliphatic heterocycles. The predicted octanol–water partition coefficient (Wildman–Crippen LogP) is -1.39. The van der Waals surface area contributed by atoms with Crippen LogP contribution in [-0.2, 0) is 0 Å². The summed E-state index contributed by atoms with van der Waals surface area (Å²) in [6.45, 7) is -0.263. The zero-order valence-corrected chi connectivity index (χ0v) is 6.74. The van der Waals surface area contributed by atoms with Gasteiger partial charge in [-0.25, -0.2) is 4.79 Å². The lowest BCUT2D eigenvalue weighted by Gasteiger charge is -2.13. The maximum absolute atomic E-state index is 10.8. The molecule has 0 radical (unpaired) electrons. The number of aliphatic hydroxyl groups excluding tert-OH is 2. The molecule has 1 atom stereocenters. The van der Waals surface area contributed by atoms with Crippen molar-refractivity contribution in [2.24, 2.45) is 0 Å². The Labute approximate surface area is 65.6 Å². The van der Waals surface area contributed by atoms with Gasteiger partial charge in [-0.15, -0.1) is 0 Å². The molecule has 0 rings (SSSR count).